The standard InChI is InChI=1S/C18H32N2O8/c1-19(15(21)5-3-7-17(23)24)9-11-27-13-14-28-12-10-20(2)16(22)6-4-8-18(25)26/h3-14H2,1-2H3,(H,23,24)(H,25,26). The summed E-state index contributed by atoms with van der Waals surface area (Å²) in [5, 5.41) is 17.1. The van der Waals surface area contributed by atoms with Crippen molar-refractivity contribution in [2.24, 2.45) is 0 Å². The highest BCUT2D eigenvalue weighted by Gasteiger charge is 2.10. The van der Waals surface area contributed by atoms with Crippen molar-refractivity contribution < 1.29 is 38.9 Å². The minimum Gasteiger partial charge on any atom is -0.481 e. The molecule has 0 saturated carbocycles. The monoisotopic (exact) mass is 404 g/mol. The van der Waals surface area contributed by atoms with E-state index in [1.807, 2.05) is 0 Å². The molecule has 2 N–H and O–H groups in total. The number of hydrogen-bond acceptors (Lipinski definition) is 6. The lowest BCUT2D eigenvalue weighted by Gasteiger charge is -2.18. The number of amides is 2. The fourth-order valence-electron chi connectivity index (χ4n) is 2.14. The maximum atomic E-state index is 11.7. The van der Waals surface area contributed by atoms with Crippen LogP contribution in [0.3, 0.4) is 0 Å². The van der Waals surface area contributed by atoms with Gasteiger partial charge in [-0.05, 0) is 12.8 Å². The molecule has 0 unspecified atom stereocenters. The number of rotatable bonds is 17. The van der Waals surface area contributed by atoms with Gasteiger partial charge in [-0.2, -0.15) is 0 Å². The van der Waals surface area contributed by atoms with Crippen molar-refractivity contribution in [1.29, 1.82) is 0 Å². The van der Waals surface area contributed by atoms with Crippen LogP contribution in [0, 0.1) is 0 Å². The average molecular weight is 404 g/mol. The molecule has 2 amide bonds. The third-order valence-corrected chi connectivity index (χ3v) is 3.93. The lowest BCUT2D eigenvalue weighted by atomic mass is 10.2. The van der Waals surface area contributed by atoms with Crippen molar-refractivity contribution in [3.63, 3.8) is 0 Å². The van der Waals surface area contributed by atoms with Gasteiger partial charge in [-0.1, -0.05) is 0 Å². The zero-order chi connectivity index (χ0) is 21.4. The smallest absolute Gasteiger partial charge is 0.303 e. The van der Waals surface area contributed by atoms with Gasteiger partial charge < -0.3 is 29.5 Å². The summed E-state index contributed by atoms with van der Waals surface area (Å²) in [7, 11) is 3.29. The minimum absolute atomic E-state index is 0.0173. The second kappa shape index (κ2) is 15.8. The van der Waals surface area contributed by atoms with Crippen molar-refractivity contribution in [1.82, 2.24) is 9.80 Å². The zero-order valence-corrected chi connectivity index (χ0v) is 16.7. The van der Waals surface area contributed by atoms with E-state index in [4.69, 9.17) is 19.7 Å². The lowest BCUT2D eigenvalue weighted by molar-refractivity contribution is -0.138. The van der Waals surface area contributed by atoms with E-state index in [9.17, 15) is 19.2 Å². The molecule has 0 radical (unpaired) electrons. The quantitative estimate of drug-likeness (QED) is 0.334. The van der Waals surface area contributed by atoms with Crippen LogP contribution >= 0.6 is 0 Å². The molecule has 0 bridgehead atoms. The molecular formula is C18H32N2O8. The predicted molar refractivity (Wildman–Crippen MR) is 99.9 cm³/mol. The van der Waals surface area contributed by atoms with Crippen LogP contribution in [0.25, 0.3) is 0 Å². The molecule has 0 rings (SSSR count). The van der Waals surface area contributed by atoms with E-state index in [0.29, 0.717) is 52.4 Å². The molecule has 162 valence electrons. The molecule has 0 fully saturated rings. The van der Waals surface area contributed by atoms with Gasteiger partial charge in [0.1, 0.15) is 0 Å². The van der Waals surface area contributed by atoms with E-state index in [1.54, 1.807) is 14.1 Å². The van der Waals surface area contributed by atoms with Gasteiger partial charge in [0.15, 0.2) is 0 Å². The van der Waals surface area contributed by atoms with E-state index in [1.165, 1.54) is 9.80 Å². The van der Waals surface area contributed by atoms with Crippen molar-refractivity contribution in [2.75, 3.05) is 53.6 Å². The average Bonchev–Trinajstić information content (AvgIpc) is 2.62. The van der Waals surface area contributed by atoms with Crippen molar-refractivity contribution in [2.45, 2.75) is 38.5 Å². The largest absolute Gasteiger partial charge is 0.481 e. The first-order valence-corrected chi connectivity index (χ1v) is 9.31. The summed E-state index contributed by atoms with van der Waals surface area (Å²) in [4.78, 5) is 47.3. The van der Waals surface area contributed by atoms with Crippen molar-refractivity contribution in [3.05, 3.63) is 0 Å². The first-order chi connectivity index (χ1) is 13.2. The van der Waals surface area contributed by atoms with Crippen LogP contribution in [0.2, 0.25) is 0 Å². The Labute approximate surface area is 165 Å². The molecule has 28 heavy (non-hydrogen) atoms. The first-order valence-electron chi connectivity index (χ1n) is 9.31. The Kier molecular flexibility index (Phi) is 14.6. The second-order valence-electron chi connectivity index (χ2n) is 6.35. The Balaban J connectivity index is 3.58. The van der Waals surface area contributed by atoms with Gasteiger partial charge in [-0.3, -0.25) is 19.2 Å². The van der Waals surface area contributed by atoms with Gasteiger partial charge >= 0.3 is 11.9 Å². The molecule has 0 aliphatic carbocycles. The Bertz CT molecular complexity index is 454. The number of ether oxygens (including phenoxy) is 2. The number of likely N-dealkylation sites (N-methyl/N-ethyl adjacent to an activating group) is 2. The number of carbonyl (C=O) groups excluding carboxylic acids is 2. The molecule has 0 aliphatic rings. The number of carboxylic acids is 2. The van der Waals surface area contributed by atoms with Gasteiger partial charge in [-0.15, -0.1) is 0 Å². The lowest BCUT2D eigenvalue weighted by Crippen LogP contribution is -2.31. The van der Waals surface area contributed by atoms with Crippen LogP contribution in [0.15, 0.2) is 0 Å². The third kappa shape index (κ3) is 14.9. The van der Waals surface area contributed by atoms with Crippen LogP contribution in [-0.4, -0.2) is 97.4 Å². The van der Waals surface area contributed by atoms with Crippen molar-refractivity contribution >= 4 is 23.8 Å². The minimum atomic E-state index is -0.910. The molecule has 10 nitrogen and oxygen atoms in total. The number of aliphatic carboxylic acids is 2. The molecule has 0 aromatic carbocycles. The van der Waals surface area contributed by atoms with Gasteiger partial charge in [0.05, 0.1) is 26.4 Å². The summed E-state index contributed by atoms with van der Waals surface area (Å²) < 4.78 is 10.8. The van der Waals surface area contributed by atoms with Gasteiger partial charge in [0, 0.05) is 52.9 Å². The highest BCUT2D eigenvalue weighted by atomic mass is 16.5. The summed E-state index contributed by atoms with van der Waals surface area (Å²) in [5.41, 5.74) is 0. The summed E-state index contributed by atoms with van der Waals surface area (Å²) >= 11 is 0. The molecule has 0 saturated heterocycles. The maximum absolute atomic E-state index is 11.7. The van der Waals surface area contributed by atoms with Gasteiger partial charge in [-0.25, -0.2) is 0 Å². The van der Waals surface area contributed by atoms with Crippen LogP contribution in [0.1, 0.15) is 38.5 Å². The molecule has 0 heterocycles. The molecule has 0 aromatic rings. The molecular weight excluding hydrogens is 372 g/mol. The number of carbonyl (C=O) groups is 4. The SMILES string of the molecule is CN(CCOCCOCCN(C)C(=O)CCCC(=O)O)C(=O)CCCC(=O)O. The van der Waals surface area contributed by atoms with Crippen LogP contribution < -0.4 is 0 Å². The van der Waals surface area contributed by atoms with Crippen LogP contribution in [-0.2, 0) is 28.7 Å². The molecule has 0 atom stereocenters. The fourth-order valence-corrected chi connectivity index (χ4v) is 2.14. The predicted octanol–water partition coefficient (Wildman–Crippen LogP) is 0.446. The highest BCUT2D eigenvalue weighted by Crippen LogP contribution is 2.00. The van der Waals surface area contributed by atoms with E-state index in [-0.39, 0.29) is 37.5 Å². The molecule has 0 spiro atoms. The van der Waals surface area contributed by atoms with Gasteiger partial charge in [0.2, 0.25) is 11.8 Å². The van der Waals surface area contributed by atoms with Crippen LogP contribution in [0.5, 0.6) is 0 Å². The first kappa shape index (κ1) is 25.8. The molecule has 0 aromatic heterocycles. The van der Waals surface area contributed by atoms with Crippen molar-refractivity contribution in [3.8, 4) is 0 Å². The summed E-state index contributed by atoms with van der Waals surface area (Å²) in [6.07, 6.45) is 1.02. The molecule has 0 aliphatic heterocycles. The summed E-state index contributed by atoms with van der Waals surface area (Å²) in [6.45, 7) is 2.26. The van der Waals surface area contributed by atoms with E-state index >= 15 is 0 Å². The number of hydrogen-bond donors (Lipinski definition) is 2. The zero-order valence-electron chi connectivity index (χ0n) is 16.7. The highest BCUT2D eigenvalue weighted by molar-refractivity contribution is 5.77. The van der Waals surface area contributed by atoms with Gasteiger partial charge in [0.25, 0.3) is 0 Å². The molecule has 10 heteroatoms. The third-order valence-electron chi connectivity index (χ3n) is 3.93. The Morgan fingerprint density at radius 3 is 1.32 bits per heavy atom. The summed E-state index contributed by atoms with van der Waals surface area (Å²) in [5.74, 6) is -2.05. The number of nitrogens with zero attached hydrogens (tertiary/aromatic N) is 2. The Morgan fingerprint density at radius 1 is 0.643 bits per heavy atom. The second-order valence-corrected chi connectivity index (χ2v) is 6.35. The Hall–Kier alpha value is -2.20. The number of carboxylic acid groups (broad SMARTS) is 2. The summed E-state index contributed by atoms with van der Waals surface area (Å²) in [6, 6.07) is 0. The van der Waals surface area contributed by atoms with E-state index in [2.05, 4.69) is 0 Å². The van der Waals surface area contributed by atoms with E-state index in [0.717, 1.165) is 0 Å². The normalized spacial score (nSPS) is 10.5. The van der Waals surface area contributed by atoms with E-state index < -0.39 is 11.9 Å². The van der Waals surface area contributed by atoms with Crippen LogP contribution in [0.4, 0.5) is 0 Å². The maximum Gasteiger partial charge on any atom is 0.303 e. The fraction of sp³-hybridized carbons (Fsp3) is 0.778. The topological polar surface area (TPSA) is 134 Å². The Morgan fingerprint density at radius 2 is 1.00 bits per heavy atom.